The van der Waals surface area contributed by atoms with E-state index in [0.717, 1.165) is 25.9 Å². The van der Waals surface area contributed by atoms with E-state index in [9.17, 15) is 9.59 Å². The highest BCUT2D eigenvalue weighted by molar-refractivity contribution is 14.1. The Hall–Kier alpha value is -2.55. The summed E-state index contributed by atoms with van der Waals surface area (Å²) < 4.78 is 11.9. The van der Waals surface area contributed by atoms with Crippen molar-refractivity contribution in [2.24, 2.45) is 0 Å². The van der Waals surface area contributed by atoms with Crippen LogP contribution in [0.5, 0.6) is 11.5 Å². The zero-order chi connectivity index (χ0) is 21.7. The average molecular weight is 550 g/mol. The summed E-state index contributed by atoms with van der Waals surface area (Å²) >= 11 is 8.48. The Bertz CT molecular complexity index is 1080. The summed E-state index contributed by atoms with van der Waals surface area (Å²) in [5, 5.41) is 1.08. The SMILES string of the molecule is C#CCOc1c(I)cc(/C=C2/SC(=S)N(NC(=O)c3ccccc3)C2=O)cc1OC. The summed E-state index contributed by atoms with van der Waals surface area (Å²) in [6, 6.07) is 12.2. The lowest BCUT2D eigenvalue weighted by Crippen LogP contribution is -2.44. The molecule has 0 radical (unpaired) electrons. The van der Waals surface area contributed by atoms with Gasteiger partial charge in [-0.05, 0) is 70.7 Å². The summed E-state index contributed by atoms with van der Waals surface area (Å²) in [5.74, 6) is 2.63. The molecule has 2 aromatic carbocycles. The van der Waals surface area contributed by atoms with E-state index in [4.69, 9.17) is 28.1 Å². The number of ether oxygens (including phenoxy) is 2. The number of nitrogens with zero attached hydrogens (tertiary/aromatic N) is 1. The molecule has 0 aromatic heterocycles. The lowest BCUT2D eigenvalue weighted by Gasteiger charge is -2.15. The third kappa shape index (κ3) is 4.95. The Labute approximate surface area is 197 Å². The first-order valence-corrected chi connectivity index (χ1v) is 10.8. The predicted molar refractivity (Wildman–Crippen MR) is 129 cm³/mol. The molecule has 1 N–H and O–H groups in total. The molecule has 3 rings (SSSR count). The number of terminal acetylenes is 1. The number of halogens is 1. The number of hydrogen-bond acceptors (Lipinski definition) is 6. The molecule has 0 bridgehead atoms. The van der Waals surface area contributed by atoms with Crippen LogP contribution in [0.1, 0.15) is 15.9 Å². The number of methoxy groups -OCH3 is 1. The summed E-state index contributed by atoms with van der Waals surface area (Å²) in [7, 11) is 1.52. The number of nitrogens with one attached hydrogen (secondary N) is 1. The molecule has 1 aliphatic heterocycles. The first-order chi connectivity index (χ1) is 14.4. The normalized spacial score (nSPS) is 14.6. The third-order valence-electron chi connectivity index (χ3n) is 3.89. The van der Waals surface area contributed by atoms with Gasteiger partial charge in [-0.15, -0.1) is 6.42 Å². The predicted octanol–water partition coefficient (Wildman–Crippen LogP) is 3.86. The summed E-state index contributed by atoms with van der Waals surface area (Å²) in [4.78, 5) is 25.5. The molecule has 1 heterocycles. The van der Waals surface area contributed by atoms with Crippen LogP contribution < -0.4 is 14.9 Å². The van der Waals surface area contributed by atoms with Crippen molar-refractivity contribution in [2.45, 2.75) is 0 Å². The molecule has 6 nitrogen and oxygen atoms in total. The molecule has 1 saturated heterocycles. The van der Waals surface area contributed by atoms with Gasteiger partial charge in [-0.3, -0.25) is 15.0 Å². The Balaban J connectivity index is 1.82. The van der Waals surface area contributed by atoms with Gasteiger partial charge in [-0.25, -0.2) is 0 Å². The van der Waals surface area contributed by atoms with Crippen LogP contribution in [0, 0.1) is 15.9 Å². The van der Waals surface area contributed by atoms with E-state index >= 15 is 0 Å². The fourth-order valence-electron chi connectivity index (χ4n) is 2.55. The maximum absolute atomic E-state index is 12.8. The van der Waals surface area contributed by atoms with Crippen LogP contribution in [0.3, 0.4) is 0 Å². The Morgan fingerprint density at radius 1 is 1.37 bits per heavy atom. The van der Waals surface area contributed by atoms with Crippen molar-refractivity contribution in [1.82, 2.24) is 10.4 Å². The van der Waals surface area contributed by atoms with Crippen LogP contribution in [0.15, 0.2) is 47.4 Å². The van der Waals surface area contributed by atoms with Gasteiger partial charge in [0.15, 0.2) is 15.8 Å². The van der Waals surface area contributed by atoms with Gasteiger partial charge >= 0.3 is 0 Å². The standard InChI is InChI=1S/C21H15IN2O4S2/c1-3-9-28-18-15(22)10-13(11-16(18)27-2)12-17-20(26)24(21(29)30-17)23-19(25)14-7-5-4-6-8-14/h1,4-8,10-12H,9H2,2H3,(H,23,25)/b17-12+. The number of carbonyl (C=O) groups is 2. The van der Waals surface area contributed by atoms with Gasteiger partial charge in [0, 0.05) is 5.56 Å². The van der Waals surface area contributed by atoms with E-state index in [1.165, 1.54) is 7.11 Å². The van der Waals surface area contributed by atoms with Crippen molar-refractivity contribution in [3.8, 4) is 23.8 Å². The van der Waals surface area contributed by atoms with E-state index in [1.807, 2.05) is 6.07 Å². The highest BCUT2D eigenvalue weighted by Crippen LogP contribution is 2.37. The van der Waals surface area contributed by atoms with E-state index in [1.54, 1.807) is 42.5 Å². The fourth-order valence-corrected chi connectivity index (χ4v) is 4.51. The number of carbonyl (C=O) groups excluding carboxylic acids is 2. The molecule has 0 spiro atoms. The molecule has 2 aromatic rings. The molecule has 2 amide bonds. The van der Waals surface area contributed by atoms with Crippen molar-refractivity contribution in [2.75, 3.05) is 13.7 Å². The lowest BCUT2D eigenvalue weighted by molar-refractivity contribution is -0.123. The second-order valence-corrected chi connectivity index (χ2v) is 8.69. The lowest BCUT2D eigenvalue weighted by atomic mass is 10.2. The first kappa shape index (κ1) is 22.1. The van der Waals surface area contributed by atoms with Gasteiger partial charge in [-0.2, -0.15) is 5.01 Å². The van der Waals surface area contributed by atoms with Crippen molar-refractivity contribution >= 4 is 68.8 Å². The van der Waals surface area contributed by atoms with Crippen LogP contribution in [0.2, 0.25) is 0 Å². The molecular weight excluding hydrogens is 535 g/mol. The maximum Gasteiger partial charge on any atom is 0.285 e. The molecule has 30 heavy (non-hydrogen) atoms. The second-order valence-electron chi connectivity index (χ2n) is 5.85. The van der Waals surface area contributed by atoms with Crippen molar-refractivity contribution in [1.29, 1.82) is 0 Å². The Morgan fingerprint density at radius 2 is 2.10 bits per heavy atom. The first-order valence-electron chi connectivity index (χ1n) is 8.52. The van der Waals surface area contributed by atoms with Crippen molar-refractivity contribution in [3.05, 3.63) is 62.1 Å². The summed E-state index contributed by atoms with van der Waals surface area (Å²) in [6.45, 7) is 0.117. The van der Waals surface area contributed by atoms with E-state index < -0.39 is 11.8 Å². The van der Waals surface area contributed by atoms with Gasteiger partial charge in [0.1, 0.15) is 6.61 Å². The van der Waals surface area contributed by atoms with Crippen LogP contribution in [0.4, 0.5) is 0 Å². The van der Waals surface area contributed by atoms with Gasteiger partial charge in [0.25, 0.3) is 11.8 Å². The largest absolute Gasteiger partial charge is 0.493 e. The summed E-state index contributed by atoms with van der Waals surface area (Å²) in [6.07, 6.45) is 6.94. The monoisotopic (exact) mass is 550 g/mol. The minimum atomic E-state index is -0.417. The van der Waals surface area contributed by atoms with Crippen LogP contribution in [-0.4, -0.2) is 34.9 Å². The minimum absolute atomic E-state index is 0.117. The molecule has 0 saturated carbocycles. The molecule has 152 valence electrons. The maximum atomic E-state index is 12.8. The van der Waals surface area contributed by atoms with Crippen LogP contribution in [-0.2, 0) is 4.79 Å². The molecule has 1 fully saturated rings. The number of benzene rings is 2. The topological polar surface area (TPSA) is 67.9 Å². The zero-order valence-electron chi connectivity index (χ0n) is 15.7. The number of amides is 2. The number of thioether (sulfide) groups is 1. The Kier molecular flexibility index (Phi) is 7.36. The minimum Gasteiger partial charge on any atom is -0.493 e. The number of hydrogen-bond donors (Lipinski definition) is 1. The summed E-state index contributed by atoms with van der Waals surface area (Å²) in [5.41, 5.74) is 3.70. The van der Waals surface area contributed by atoms with Crippen molar-refractivity contribution in [3.63, 3.8) is 0 Å². The smallest absolute Gasteiger partial charge is 0.285 e. The van der Waals surface area contributed by atoms with Crippen LogP contribution in [0.25, 0.3) is 6.08 Å². The Morgan fingerprint density at radius 3 is 2.77 bits per heavy atom. The molecule has 0 atom stereocenters. The molecule has 9 heteroatoms. The van der Waals surface area contributed by atoms with Gasteiger partial charge in [0.2, 0.25) is 0 Å². The molecule has 0 aliphatic carbocycles. The highest BCUT2D eigenvalue weighted by atomic mass is 127. The van der Waals surface area contributed by atoms with E-state index in [0.29, 0.717) is 22.0 Å². The third-order valence-corrected chi connectivity index (χ3v) is 6.00. The number of thiocarbonyl (C=S) groups is 1. The van der Waals surface area contributed by atoms with Gasteiger partial charge in [-0.1, -0.05) is 35.9 Å². The molecule has 0 unspecified atom stereocenters. The average Bonchev–Trinajstić information content (AvgIpc) is 3.00. The number of rotatable bonds is 6. The fraction of sp³-hybridized carbons (Fsp3) is 0.0952. The van der Waals surface area contributed by atoms with E-state index in [2.05, 4.69) is 33.9 Å². The number of hydrazine groups is 1. The van der Waals surface area contributed by atoms with Gasteiger partial charge in [0.05, 0.1) is 15.6 Å². The second kappa shape index (κ2) is 9.97. The van der Waals surface area contributed by atoms with E-state index in [-0.39, 0.29) is 10.9 Å². The quantitative estimate of drug-likeness (QED) is 0.255. The molecule has 1 aliphatic rings. The van der Waals surface area contributed by atoms with Gasteiger partial charge < -0.3 is 9.47 Å². The van der Waals surface area contributed by atoms with Crippen LogP contribution >= 0.6 is 46.6 Å². The molecular formula is C21H15IN2O4S2. The van der Waals surface area contributed by atoms with Crippen molar-refractivity contribution < 1.29 is 19.1 Å². The zero-order valence-corrected chi connectivity index (χ0v) is 19.5. The highest BCUT2D eigenvalue weighted by Gasteiger charge is 2.33.